The molecule has 0 saturated carbocycles. The van der Waals surface area contributed by atoms with E-state index in [1.807, 2.05) is 0 Å². The lowest BCUT2D eigenvalue weighted by molar-refractivity contribution is -0.116. The van der Waals surface area contributed by atoms with Gasteiger partial charge in [-0.1, -0.05) is 0 Å². The van der Waals surface area contributed by atoms with Crippen LogP contribution in [0.4, 0.5) is 10.2 Å². The molecule has 2 N–H and O–H groups in total. The summed E-state index contributed by atoms with van der Waals surface area (Å²) in [5.74, 6) is -2.01. The SMILES string of the molecule is CNC(=O)c1cc2n(CC(=O)Nc3ccc(F)cn3)c3c(c(=O)n2n1)CN(C(C)COC)C3=O. The summed E-state index contributed by atoms with van der Waals surface area (Å²) < 4.78 is 20.6. The zero-order valence-corrected chi connectivity index (χ0v) is 18.7. The van der Waals surface area contributed by atoms with E-state index in [1.165, 1.54) is 35.8 Å². The Hall–Kier alpha value is -4.13. The lowest BCUT2D eigenvalue weighted by Crippen LogP contribution is -2.37. The molecule has 3 amide bonds. The van der Waals surface area contributed by atoms with E-state index in [4.69, 9.17) is 4.74 Å². The molecule has 4 heterocycles. The predicted molar refractivity (Wildman–Crippen MR) is 117 cm³/mol. The molecule has 12 nitrogen and oxygen atoms in total. The molecule has 13 heteroatoms. The lowest BCUT2D eigenvalue weighted by Gasteiger charge is -2.23. The molecular weight excluding hydrogens is 449 g/mol. The van der Waals surface area contributed by atoms with Crippen molar-refractivity contribution in [3.05, 3.63) is 57.5 Å². The second-order valence-corrected chi connectivity index (χ2v) is 7.74. The fourth-order valence-corrected chi connectivity index (χ4v) is 3.85. The Morgan fingerprint density at radius 1 is 1.29 bits per heavy atom. The van der Waals surface area contributed by atoms with Gasteiger partial charge in [0, 0.05) is 20.2 Å². The van der Waals surface area contributed by atoms with Crippen LogP contribution in [0.2, 0.25) is 0 Å². The molecule has 178 valence electrons. The van der Waals surface area contributed by atoms with E-state index in [0.29, 0.717) is 0 Å². The third-order valence-electron chi connectivity index (χ3n) is 5.46. The highest BCUT2D eigenvalue weighted by molar-refractivity contribution is 5.99. The highest BCUT2D eigenvalue weighted by Gasteiger charge is 2.37. The van der Waals surface area contributed by atoms with Crippen LogP contribution in [0.5, 0.6) is 0 Å². The summed E-state index contributed by atoms with van der Waals surface area (Å²) in [6.07, 6.45) is 0.954. The second-order valence-electron chi connectivity index (χ2n) is 7.74. The topological polar surface area (TPSA) is 140 Å². The maximum Gasteiger partial charge on any atom is 0.280 e. The summed E-state index contributed by atoms with van der Waals surface area (Å²) in [6, 6.07) is 3.44. The van der Waals surface area contributed by atoms with Crippen LogP contribution in [0.15, 0.2) is 29.2 Å². The van der Waals surface area contributed by atoms with Gasteiger partial charge in [0.2, 0.25) is 5.91 Å². The number of nitrogens with one attached hydrogen (secondary N) is 2. The molecular formula is C21H22FN7O5. The standard InChI is InChI=1S/C21H22FN7O5/c1-11(10-34-3)27-8-13-18(21(27)33)28(9-16(30)25-15-5-4-12(22)7-24-15)17-6-14(19(31)23-2)26-29(17)20(13)32/h4-7,11H,8-10H2,1-3H3,(H,23,31)(H,24,25,30). The summed E-state index contributed by atoms with van der Waals surface area (Å²) in [7, 11) is 2.92. The van der Waals surface area contributed by atoms with E-state index in [9.17, 15) is 23.6 Å². The fraction of sp³-hybridized carbons (Fsp3) is 0.333. The molecule has 0 aliphatic carbocycles. The molecule has 0 bridgehead atoms. The number of nitrogens with zero attached hydrogens (tertiary/aromatic N) is 5. The number of anilines is 1. The molecule has 34 heavy (non-hydrogen) atoms. The zero-order chi connectivity index (χ0) is 24.6. The van der Waals surface area contributed by atoms with Gasteiger partial charge in [0.25, 0.3) is 17.4 Å². The van der Waals surface area contributed by atoms with Gasteiger partial charge in [-0.25, -0.2) is 9.37 Å². The van der Waals surface area contributed by atoms with E-state index in [0.717, 1.165) is 16.8 Å². The molecule has 0 radical (unpaired) electrons. The zero-order valence-electron chi connectivity index (χ0n) is 18.7. The summed E-state index contributed by atoms with van der Waals surface area (Å²) in [5, 5.41) is 9.04. The van der Waals surface area contributed by atoms with Crippen molar-refractivity contribution < 1.29 is 23.5 Å². The van der Waals surface area contributed by atoms with Gasteiger partial charge in [0.15, 0.2) is 5.69 Å². The first-order valence-electron chi connectivity index (χ1n) is 10.3. The molecule has 0 aromatic carbocycles. The van der Waals surface area contributed by atoms with Crippen LogP contribution in [0.1, 0.15) is 33.5 Å². The molecule has 0 saturated heterocycles. The van der Waals surface area contributed by atoms with E-state index in [2.05, 4.69) is 20.7 Å². The molecule has 1 aliphatic heterocycles. The quantitative estimate of drug-likeness (QED) is 0.495. The summed E-state index contributed by atoms with van der Waals surface area (Å²) in [6.45, 7) is 1.65. The van der Waals surface area contributed by atoms with Crippen LogP contribution in [0, 0.1) is 5.82 Å². The van der Waals surface area contributed by atoms with Gasteiger partial charge < -0.3 is 24.8 Å². The van der Waals surface area contributed by atoms with Crippen LogP contribution >= 0.6 is 0 Å². The predicted octanol–water partition coefficient (Wildman–Crippen LogP) is 0.0191. The molecule has 0 spiro atoms. The molecule has 1 aliphatic rings. The van der Waals surface area contributed by atoms with E-state index in [1.54, 1.807) is 6.92 Å². The number of hydrogen-bond acceptors (Lipinski definition) is 7. The first kappa shape index (κ1) is 23.0. The van der Waals surface area contributed by atoms with Crippen LogP contribution in [-0.2, 0) is 22.6 Å². The Morgan fingerprint density at radius 2 is 2.06 bits per heavy atom. The Kier molecular flexibility index (Phi) is 6.11. The van der Waals surface area contributed by atoms with Crippen molar-refractivity contribution in [1.82, 2.24) is 29.4 Å². The third-order valence-corrected chi connectivity index (χ3v) is 5.46. The number of pyridine rings is 1. The lowest BCUT2D eigenvalue weighted by atomic mass is 10.2. The highest BCUT2D eigenvalue weighted by Crippen LogP contribution is 2.24. The van der Waals surface area contributed by atoms with E-state index < -0.39 is 29.1 Å². The molecule has 3 aromatic rings. The average Bonchev–Trinajstić information content (AvgIpc) is 3.40. The van der Waals surface area contributed by atoms with Crippen molar-refractivity contribution in [3.63, 3.8) is 0 Å². The molecule has 3 aromatic heterocycles. The molecule has 1 atom stereocenters. The van der Waals surface area contributed by atoms with Gasteiger partial charge in [-0.2, -0.15) is 9.61 Å². The van der Waals surface area contributed by atoms with E-state index in [-0.39, 0.29) is 54.2 Å². The van der Waals surface area contributed by atoms with Crippen molar-refractivity contribution in [1.29, 1.82) is 0 Å². The van der Waals surface area contributed by atoms with Crippen LogP contribution in [-0.4, -0.2) is 68.6 Å². The van der Waals surface area contributed by atoms with Crippen molar-refractivity contribution in [3.8, 4) is 0 Å². The van der Waals surface area contributed by atoms with Gasteiger partial charge in [0.1, 0.15) is 29.5 Å². The number of amides is 3. The number of fused-ring (bicyclic) bond motifs is 2. The smallest absolute Gasteiger partial charge is 0.280 e. The largest absolute Gasteiger partial charge is 0.383 e. The van der Waals surface area contributed by atoms with Gasteiger partial charge in [-0.15, -0.1) is 0 Å². The minimum absolute atomic E-state index is 0.00374. The molecule has 4 rings (SSSR count). The number of carbonyl (C=O) groups excluding carboxylic acids is 3. The van der Waals surface area contributed by atoms with Crippen LogP contribution < -0.4 is 16.2 Å². The van der Waals surface area contributed by atoms with Crippen LogP contribution in [0.25, 0.3) is 5.65 Å². The fourth-order valence-electron chi connectivity index (χ4n) is 3.85. The van der Waals surface area contributed by atoms with Crippen molar-refractivity contribution in [2.45, 2.75) is 26.1 Å². The van der Waals surface area contributed by atoms with Gasteiger partial charge in [0.05, 0.1) is 31.0 Å². The number of halogens is 1. The Bertz CT molecular complexity index is 1350. The first-order chi connectivity index (χ1) is 16.2. The van der Waals surface area contributed by atoms with E-state index >= 15 is 0 Å². The number of hydrogen-bond donors (Lipinski definition) is 2. The Labute approximate surface area is 192 Å². The maximum absolute atomic E-state index is 13.3. The van der Waals surface area contributed by atoms with Crippen molar-refractivity contribution >= 4 is 29.2 Å². The number of ether oxygens (including phenoxy) is 1. The first-order valence-corrected chi connectivity index (χ1v) is 10.3. The monoisotopic (exact) mass is 471 g/mol. The number of rotatable bonds is 7. The molecule has 0 fully saturated rings. The summed E-state index contributed by atoms with van der Waals surface area (Å²) in [5.41, 5.74) is -0.322. The minimum atomic E-state index is -0.578. The summed E-state index contributed by atoms with van der Waals surface area (Å²) in [4.78, 5) is 56.7. The minimum Gasteiger partial charge on any atom is -0.383 e. The molecule has 1 unspecified atom stereocenters. The average molecular weight is 471 g/mol. The Balaban J connectivity index is 1.81. The summed E-state index contributed by atoms with van der Waals surface area (Å²) >= 11 is 0. The van der Waals surface area contributed by atoms with Crippen molar-refractivity contribution in [2.24, 2.45) is 0 Å². The third kappa shape index (κ3) is 4.01. The van der Waals surface area contributed by atoms with Gasteiger partial charge in [-0.3, -0.25) is 19.2 Å². The number of aromatic nitrogens is 4. The number of methoxy groups -OCH3 is 1. The van der Waals surface area contributed by atoms with Gasteiger partial charge >= 0.3 is 0 Å². The second kappa shape index (κ2) is 9.02. The number of carbonyl (C=O) groups is 3. The highest BCUT2D eigenvalue weighted by atomic mass is 19.1. The van der Waals surface area contributed by atoms with Gasteiger partial charge in [-0.05, 0) is 19.1 Å². The maximum atomic E-state index is 13.3. The Morgan fingerprint density at radius 3 is 2.71 bits per heavy atom. The van der Waals surface area contributed by atoms with Crippen molar-refractivity contribution in [2.75, 3.05) is 26.1 Å². The van der Waals surface area contributed by atoms with Crippen LogP contribution in [0.3, 0.4) is 0 Å². The normalized spacial score (nSPS) is 13.8.